The van der Waals surface area contributed by atoms with Crippen LogP contribution in [0.3, 0.4) is 0 Å². The minimum Gasteiger partial charge on any atom is -0.390 e. The van der Waals surface area contributed by atoms with Crippen molar-refractivity contribution in [1.29, 1.82) is 0 Å². The van der Waals surface area contributed by atoms with Gasteiger partial charge in [0.2, 0.25) is 0 Å². The molecule has 1 spiro atoms. The number of piperazine rings is 1. The average molecular weight is 407 g/mol. The topological polar surface area (TPSA) is 76.1 Å². The van der Waals surface area contributed by atoms with E-state index in [1.807, 2.05) is 24.3 Å². The maximum Gasteiger partial charge on any atom is 0.325 e. The molecule has 2 aliphatic heterocycles. The number of rotatable bonds is 5. The number of halogens is 1. The van der Waals surface area contributed by atoms with Crippen LogP contribution in [0, 0.1) is 0 Å². The third-order valence-electron chi connectivity index (χ3n) is 6.11. The number of anilines is 1. The number of amides is 3. The molecular formula is C20H27ClN4O3. The Morgan fingerprint density at radius 3 is 2.50 bits per heavy atom. The lowest BCUT2D eigenvalue weighted by Gasteiger charge is -2.37. The van der Waals surface area contributed by atoms with Gasteiger partial charge in [0.05, 0.1) is 12.6 Å². The molecule has 1 saturated carbocycles. The summed E-state index contributed by atoms with van der Waals surface area (Å²) in [5.74, 6) is -0.167. The Morgan fingerprint density at radius 2 is 1.82 bits per heavy atom. The Hall–Kier alpha value is -1.83. The first-order valence-corrected chi connectivity index (χ1v) is 10.4. The third kappa shape index (κ3) is 3.83. The maximum atomic E-state index is 12.7. The van der Waals surface area contributed by atoms with E-state index in [1.54, 1.807) is 0 Å². The van der Waals surface area contributed by atoms with Crippen molar-refractivity contribution in [2.45, 2.75) is 37.3 Å². The Bertz CT molecular complexity index is 745. The van der Waals surface area contributed by atoms with Crippen molar-refractivity contribution in [3.63, 3.8) is 0 Å². The van der Waals surface area contributed by atoms with Crippen LogP contribution in [0.4, 0.5) is 10.5 Å². The number of nitrogens with one attached hydrogen (secondary N) is 1. The predicted molar refractivity (Wildman–Crippen MR) is 108 cm³/mol. The molecule has 2 heterocycles. The number of urea groups is 1. The molecule has 1 atom stereocenters. The molecular weight excluding hydrogens is 380 g/mol. The summed E-state index contributed by atoms with van der Waals surface area (Å²) in [6.07, 6.45) is 2.58. The highest BCUT2D eigenvalue weighted by atomic mass is 35.5. The molecule has 0 radical (unpaired) electrons. The molecule has 7 nitrogen and oxygen atoms in total. The van der Waals surface area contributed by atoms with Gasteiger partial charge in [0.25, 0.3) is 5.91 Å². The quantitative estimate of drug-likeness (QED) is 0.728. The van der Waals surface area contributed by atoms with E-state index in [0.29, 0.717) is 19.4 Å². The van der Waals surface area contributed by atoms with Crippen molar-refractivity contribution < 1.29 is 14.7 Å². The monoisotopic (exact) mass is 406 g/mol. The van der Waals surface area contributed by atoms with E-state index in [9.17, 15) is 14.7 Å². The van der Waals surface area contributed by atoms with Crippen molar-refractivity contribution in [3.8, 4) is 0 Å². The lowest BCUT2D eigenvalue weighted by molar-refractivity contribution is -0.132. The van der Waals surface area contributed by atoms with Crippen molar-refractivity contribution in [3.05, 3.63) is 29.3 Å². The van der Waals surface area contributed by atoms with Crippen molar-refractivity contribution in [2.24, 2.45) is 0 Å². The van der Waals surface area contributed by atoms with Crippen molar-refractivity contribution in [1.82, 2.24) is 15.1 Å². The fourth-order valence-electron chi connectivity index (χ4n) is 4.59. The second-order valence-corrected chi connectivity index (χ2v) is 8.49. The highest BCUT2D eigenvalue weighted by molar-refractivity contribution is 6.30. The van der Waals surface area contributed by atoms with Crippen LogP contribution in [-0.4, -0.2) is 77.8 Å². The normalized spacial score (nSPS) is 23.5. The van der Waals surface area contributed by atoms with Crippen LogP contribution in [0.15, 0.2) is 24.3 Å². The molecule has 2 saturated heterocycles. The van der Waals surface area contributed by atoms with E-state index >= 15 is 0 Å². The van der Waals surface area contributed by atoms with E-state index in [0.717, 1.165) is 49.7 Å². The largest absolute Gasteiger partial charge is 0.390 e. The Kier molecular flexibility index (Phi) is 5.49. The van der Waals surface area contributed by atoms with Gasteiger partial charge < -0.3 is 15.3 Å². The molecule has 0 unspecified atom stereocenters. The second kappa shape index (κ2) is 7.89. The summed E-state index contributed by atoms with van der Waals surface area (Å²) < 4.78 is 0. The lowest BCUT2D eigenvalue weighted by Crippen LogP contribution is -2.51. The van der Waals surface area contributed by atoms with Crippen LogP contribution in [-0.2, 0) is 4.79 Å². The number of hydrogen-bond donors (Lipinski definition) is 2. The van der Waals surface area contributed by atoms with Gasteiger partial charge >= 0.3 is 6.03 Å². The molecule has 28 heavy (non-hydrogen) atoms. The van der Waals surface area contributed by atoms with E-state index in [1.165, 1.54) is 4.90 Å². The number of benzene rings is 1. The van der Waals surface area contributed by atoms with Gasteiger partial charge in [-0.2, -0.15) is 0 Å². The van der Waals surface area contributed by atoms with E-state index in [4.69, 9.17) is 11.6 Å². The predicted octanol–water partition coefficient (Wildman–Crippen LogP) is 1.69. The highest BCUT2D eigenvalue weighted by Crippen LogP contribution is 2.35. The molecule has 0 bridgehead atoms. The molecule has 8 heteroatoms. The molecule has 1 aromatic rings. The van der Waals surface area contributed by atoms with Gasteiger partial charge in [-0.15, -0.1) is 0 Å². The molecule has 1 aromatic carbocycles. The first-order valence-electron chi connectivity index (χ1n) is 10.0. The summed E-state index contributed by atoms with van der Waals surface area (Å²) in [6.45, 7) is 3.83. The Labute approximate surface area is 170 Å². The summed E-state index contributed by atoms with van der Waals surface area (Å²) in [5, 5.41) is 14.1. The zero-order chi connectivity index (χ0) is 19.7. The van der Waals surface area contributed by atoms with E-state index in [2.05, 4.69) is 15.1 Å². The van der Waals surface area contributed by atoms with E-state index in [-0.39, 0.29) is 18.5 Å². The van der Waals surface area contributed by atoms with Gasteiger partial charge in [0.15, 0.2) is 0 Å². The molecule has 4 rings (SSSR count). The second-order valence-electron chi connectivity index (χ2n) is 8.06. The summed E-state index contributed by atoms with van der Waals surface area (Å²) in [5.41, 5.74) is 0.397. The summed E-state index contributed by atoms with van der Waals surface area (Å²) in [4.78, 5) is 30.6. The first-order chi connectivity index (χ1) is 13.5. The van der Waals surface area contributed by atoms with E-state index < -0.39 is 11.6 Å². The van der Waals surface area contributed by atoms with Crippen LogP contribution in [0.2, 0.25) is 5.02 Å². The summed E-state index contributed by atoms with van der Waals surface area (Å²) in [7, 11) is 0. The van der Waals surface area contributed by atoms with Gasteiger partial charge in [0, 0.05) is 43.4 Å². The minimum absolute atomic E-state index is 0.0565. The molecule has 0 aromatic heterocycles. The molecule has 3 aliphatic rings. The maximum absolute atomic E-state index is 12.7. The van der Waals surface area contributed by atoms with Crippen molar-refractivity contribution in [2.75, 3.05) is 44.2 Å². The van der Waals surface area contributed by atoms with Crippen LogP contribution >= 0.6 is 11.6 Å². The molecule has 1 aliphatic carbocycles. The molecule has 152 valence electrons. The third-order valence-corrected chi connectivity index (χ3v) is 6.35. The number of imide groups is 1. The average Bonchev–Trinajstić information content (AvgIpc) is 3.23. The number of nitrogens with zero attached hydrogens (tertiary/aromatic N) is 3. The smallest absolute Gasteiger partial charge is 0.325 e. The van der Waals surface area contributed by atoms with Gasteiger partial charge in [0.1, 0.15) is 5.54 Å². The number of aliphatic hydroxyl groups is 1. The lowest BCUT2D eigenvalue weighted by atomic mass is 9.98. The van der Waals surface area contributed by atoms with Crippen LogP contribution in [0.5, 0.6) is 0 Å². The van der Waals surface area contributed by atoms with Gasteiger partial charge in [-0.3, -0.25) is 14.6 Å². The van der Waals surface area contributed by atoms with Gasteiger partial charge in [-0.05, 0) is 31.0 Å². The van der Waals surface area contributed by atoms with Crippen molar-refractivity contribution >= 4 is 29.2 Å². The number of carbonyl (C=O) groups is 2. The standard InChI is InChI=1S/C20H27ClN4O3/c21-15-4-3-5-16(12-15)24-10-8-23(9-11-24)13-17(26)14-25-18(27)20(22-19(25)28)6-1-2-7-20/h3-5,12,17,26H,1-2,6-11,13-14H2,(H,22,28)/t17-/m0/s1. The number of β-amino-alcohol motifs (C(OH)–C–C–N with tert-alkyl or cyclic N) is 1. The zero-order valence-electron chi connectivity index (χ0n) is 15.9. The summed E-state index contributed by atoms with van der Waals surface area (Å²) >= 11 is 6.08. The summed E-state index contributed by atoms with van der Waals surface area (Å²) in [6, 6.07) is 7.46. The van der Waals surface area contributed by atoms with Gasteiger partial charge in [-0.1, -0.05) is 30.5 Å². The Balaban J connectivity index is 1.27. The SMILES string of the molecule is O=C1NC2(CCCC2)C(=O)N1C[C@@H](O)CN1CCN(c2cccc(Cl)c2)CC1. The zero-order valence-corrected chi connectivity index (χ0v) is 16.7. The molecule has 3 fully saturated rings. The number of carbonyl (C=O) groups excluding carboxylic acids is 2. The fraction of sp³-hybridized carbons (Fsp3) is 0.600. The Morgan fingerprint density at radius 1 is 1.11 bits per heavy atom. The van der Waals surface area contributed by atoms with Crippen LogP contribution in [0.1, 0.15) is 25.7 Å². The number of aliphatic hydroxyl groups excluding tert-OH is 1. The van der Waals surface area contributed by atoms with Gasteiger partial charge in [-0.25, -0.2) is 4.79 Å². The van der Waals surface area contributed by atoms with Crippen LogP contribution in [0.25, 0.3) is 0 Å². The number of hydrogen-bond acceptors (Lipinski definition) is 5. The fourth-order valence-corrected chi connectivity index (χ4v) is 4.77. The highest BCUT2D eigenvalue weighted by Gasteiger charge is 2.52. The molecule has 3 amide bonds. The first kappa shape index (κ1) is 19.5. The minimum atomic E-state index is -0.746. The molecule has 2 N–H and O–H groups in total. The van der Waals surface area contributed by atoms with Crippen LogP contribution < -0.4 is 10.2 Å².